The summed E-state index contributed by atoms with van der Waals surface area (Å²) in [6.07, 6.45) is 0.186. The molecule has 0 spiro atoms. The van der Waals surface area contributed by atoms with Crippen LogP contribution in [0.1, 0.15) is 46.0 Å². The third kappa shape index (κ3) is 4.47. The number of fused-ring (bicyclic) bond motifs is 1. The number of imide groups is 1. The number of aliphatic hydroxyl groups is 1. The molecule has 2 amide bonds. The summed E-state index contributed by atoms with van der Waals surface area (Å²) in [4.78, 5) is 26.3. The molecule has 6 heteroatoms. The number of carbonyl (C=O) groups is 2. The Kier molecular flexibility index (Phi) is 6.57. The van der Waals surface area contributed by atoms with E-state index in [0.29, 0.717) is 30.6 Å². The zero-order valence-electron chi connectivity index (χ0n) is 16.0. The molecule has 6 nitrogen and oxygen atoms in total. The number of hydrogen-bond acceptors (Lipinski definition) is 5. The van der Waals surface area contributed by atoms with Gasteiger partial charge in [0.2, 0.25) is 0 Å². The third-order valence-corrected chi connectivity index (χ3v) is 5.08. The number of carbonyl (C=O) groups excluding carboxylic acids is 2. The Morgan fingerprint density at radius 1 is 0.964 bits per heavy atom. The molecule has 0 radical (unpaired) electrons. The van der Waals surface area contributed by atoms with Gasteiger partial charge in [-0.1, -0.05) is 42.5 Å². The van der Waals surface area contributed by atoms with Crippen molar-refractivity contribution in [3.63, 3.8) is 0 Å². The number of benzene rings is 2. The lowest BCUT2D eigenvalue weighted by atomic mass is 10.0. The zero-order valence-corrected chi connectivity index (χ0v) is 16.0. The van der Waals surface area contributed by atoms with Crippen molar-refractivity contribution in [2.45, 2.75) is 44.6 Å². The molecule has 0 unspecified atom stereocenters. The summed E-state index contributed by atoms with van der Waals surface area (Å²) in [6, 6.07) is 15.8. The van der Waals surface area contributed by atoms with Gasteiger partial charge in [0.25, 0.3) is 11.8 Å². The normalized spacial score (nSPS) is 16.8. The first-order chi connectivity index (χ1) is 13.5. The minimum absolute atomic E-state index is 0.136. The lowest BCUT2D eigenvalue weighted by molar-refractivity contribution is 0.0133. The largest absolute Gasteiger partial charge is 0.389 e. The summed E-state index contributed by atoms with van der Waals surface area (Å²) >= 11 is 0. The van der Waals surface area contributed by atoms with Crippen molar-refractivity contribution in [2.24, 2.45) is 5.73 Å². The van der Waals surface area contributed by atoms with Crippen LogP contribution < -0.4 is 5.73 Å². The fourth-order valence-corrected chi connectivity index (χ4v) is 3.36. The molecule has 0 saturated carbocycles. The van der Waals surface area contributed by atoms with E-state index in [-0.39, 0.29) is 24.5 Å². The molecule has 2 aromatic rings. The standard InChI is InChI=1S/C22H26N2O4/c1-15(24-21(26)17-9-5-6-10-18(17)22(24)27)11-12-19(23)20(25)14-28-13-16-7-3-2-4-8-16/h2-10,15,19-20,25H,11-14,23H2,1H3/t15-,19+,20+/m1/s1. The molecule has 0 aliphatic carbocycles. The molecule has 1 aliphatic rings. The molecule has 0 fully saturated rings. The topological polar surface area (TPSA) is 92.9 Å². The maximum absolute atomic E-state index is 12.5. The predicted molar refractivity (Wildman–Crippen MR) is 106 cm³/mol. The number of aliphatic hydroxyl groups excluding tert-OH is 1. The summed E-state index contributed by atoms with van der Waals surface area (Å²) in [5.41, 5.74) is 7.99. The zero-order chi connectivity index (χ0) is 20.1. The molecular weight excluding hydrogens is 356 g/mol. The van der Waals surface area contributed by atoms with Crippen LogP contribution in [-0.4, -0.2) is 46.6 Å². The molecular formula is C22H26N2O4. The smallest absolute Gasteiger partial charge is 0.261 e. The van der Waals surface area contributed by atoms with Crippen LogP contribution in [0.25, 0.3) is 0 Å². The summed E-state index contributed by atoms with van der Waals surface area (Å²) in [7, 11) is 0. The Balaban J connectivity index is 1.45. The van der Waals surface area contributed by atoms with Crippen molar-refractivity contribution in [1.29, 1.82) is 0 Å². The molecule has 1 heterocycles. The van der Waals surface area contributed by atoms with Gasteiger partial charge in [0.15, 0.2) is 0 Å². The van der Waals surface area contributed by atoms with E-state index < -0.39 is 12.1 Å². The Morgan fingerprint density at radius 3 is 2.14 bits per heavy atom. The third-order valence-electron chi connectivity index (χ3n) is 5.08. The molecule has 28 heavy (non-hydrogen) atoms. The maximum Gasteiger partial charge on any atom is 0.261 e. The van der Waals surface area contributed by atoms with Crippen LogP contribution in [0.15, 0.2) is 54.6 Å². The van der Waals surface area contributed by atoms with Crippen molar-refractivity contribution in [2.75, 3.05) is 6.61 Å². The average Bonchev–Trinajstić information content (AvgIpc) is 2.97. The molecule has 0 aromatic heterocycles. The van der Waals surface area contributed by atoms with Gasteiger partial charge in [0.05, 0.1) is 30.4 Å². The SMILES string of the molecule is C[C@H](CC[C@H](N)[C@@H](O)COCc1ccccc1)N1C(=O)c2ccccc2C1=O. The number of amides is 2. The molecule has 3 N–H and O–H groups in total. The van der Waals surface area contributed by atoms with E-state index in [1.165, 1.54) is 4.90 Å². The summed E-state index contributed by atoms with van der Waals surface area (Å²) in [5.74, 6) is -0.540. The Bertz CT molecular complexity index is 789. The van der Waals surface area contributed by atoms with Crippen molar-refractivity contribution in [1.82, 2.24) is 4.90 Å². The first-order valence-corrected chi connectivity index (χ1v) is 9.51. The Hall–Kier alpha value is -2.54. The summed E-state index contributed by atoms with van der Waals surface area (Å²) < 4.78 is 5.54. The van der Waals surface area contributed by atoms with Crippen LogP contribution in [0.3, 0.4) is 0 Å². The van der Waals surface area contributed by atoms with Gasteiger partial charge >= 0.3 is 0 Å². The summed E-state index contributed by atoms with van der Waals surface area (Å²) in [6.45, 7) is 2.38. The monoisotopic (exact) mass is 382 g/mol. The van der Waals surface area contributed by atoms with E-state index in [1.807, 2.05) is 37.3 Å². The Labute approximate surface area is 164 Å². The number of ether oxygens (including phenoxy) is 1. The molecule has 3 rings (SSSR count). The fraction of sp³-hybridized carbons (Fsp3) is 0.364. The van der Waals surface area contributed by atoms with Gasteiger partial charge < -0.3 is 15.6 Å². The molecule has 148 valence electrons. The molecule has 3 atom stereocenters. The van der Waals surface area contributed by atoms with Crippen LogP contribution in [0, 0.1) is 0 Å². The van der Waals surface area contributed by atoms with Crippen LogP contribution in [-0.2, 0) is 11.3 Å². The van der Waals surface area contributed by atoms with Gasteiger partial charge in [-0.3, -0.25) is 14.5 Å². The number of hydrogen-bond donors (Lipinski definition) is 2. The predicted octanol–water partition coefficient (Wildman–Crippen LogP) is 2.36. The van der Waals surface area contributed by atoms with E-state index in [9.17, 15) is 14.7 Å². The average molecular weight is 382 g/mol. The minimum atomic E-state index is -0.807. The van der Waals surface area contributed by atoms with E-state index in [0.717, 1.165) is 5.56 Å². The van der Waals surface area contributed by atoms with Gasteiger partial charge in [0.1, 0.15) is 0 Å². The van der Waals surface area contributed by atoms with Gasteiger partial charge in [-0.15, -0.1) is 0 Å². The second kappa shape index (κ2) is 9.10. The fourth-order valence-electron chi connectivity index (χ4n) is 3.36. The highest BCUT2D eigenvalue weighted by molar-refractivity contribution is 6.21. The van der Waals surface area contributed by atoms with Crippen molar-refractivity contribution in [3.8, 4) is 0 Å². The second-order valence-corrected chi connectivity index (χ2v) is 7.18. The second-order valence-electron chi connectivity index (χ2n) is 7.18. The Morgan fingerprint density at radius 2 is 1.54 bits per heavy atom. The molecule has 1 aliphatic heterocycles. The van der Waals surface area contributed by atoms with Gasteiger partial charge in [0, 0.05) is 12.1 Å². The molecule has 0 saturated heterocycles. The van der Waals surface area contributed by atoms with E-state index in [1.54, 1.807) is 24.3 Å². The van der Waals surface area contributed by atoms with Crippen molar-refractivity contribution >= 4 is 11.8 Å². The van der Waals surface area contributed by atoms with Crippen LogP contribution >= 0.6 is 0 Å². The van der Waals surface area contributed by atoms with Crippen molar-refractivity contribution < 1.29 is 19.4 Å². The maximum atomic E-state index is 12.5. The first kappa shape index (κ1) is 20.2. The van der Waals surface area contributed by atoms with E-state index in [4.69, 9.17) is 10.5 Å². The van der Waals surface area contributed by atoms with Crippen LogP contribution in [0.4, 0.5) is 0 Å². The molecule has 2 aromatic carbocycles. The van der Waals surface area contributed by atoms with Crippen LogP contribution in [0.5, 0.6) is 0 Å². The van der Waals surface area contributed by atoms with Gasteiger partial charge in [-0.25, -0.2) is 0 Å². The van der Waals surface area contributed by atoms with Gasteiger partial charge in [-0.05, 0) is 37.5 Å². The number of nitrogens with two attached hydrogens (primary N) is 1. The highest BCUT2D eigenvalue weighted by atomic mass is 16.5. The minimum Gasteiger partial charge on any atom is -0.389 e. The molecule has 0 bridgehead atoms. The lowest BCUT2D eigenvalue weighted by Crippen LogP contribution is -2.42. The number of rotatable bonds is 9. The van der Waals surface area contributed by atoms with E-state index in [2.05, 4.69) is 0 Å². The van der Waals surface area contributed by atoms with Crippen molar-refractivity contribution in [3.05, 3.63) is 71.3 Å². The highest BCUT2D eigenvalue weighted by Gasteiger charge is 2.38. The number of nitrogens with zero attached hydrogens (tertiary/aromatic N) is 1. The van der Waals surface area contributed by atoms with Crippen LogP contribution in [0.2, 0.25) is 0 Å². The first-order valence-electron chi connectivity index (χ1n) is 9.51. The summed E-state index contributed by atoms with van der Waals surface area (Å²) in [5, 5.41) is 10.2. The van der Waals surface area contributed by atoms with Gasteiger partial charge in [-0.2, -0.15) is 0 Å². The van der Waals surface area contributed by atoms with E-state index >= 15 is 0 Å². The quantitative estimate of drug-likeness (QED) is 0.650. The lowest BCUT2D eigenvalue weighted by Gasteiger charge is -2.25. The highest BCUT2D eigenvalue weighted by Crippen LogP contribution is 2.26.